The van der Waals surface area contributed by atoms with Crippen molar-refractivity contribution in [2.45, 2.75) is 6.92 Å². The zero-order valence-corrected chi connectivity index (χ0v) is 15.5. The Hall–Kier alpha value is -2.65. The summed E-state index contributed by atoms with van der Waals surface area (Å²) < 4.78 is 0. The number of anilines is 1. The molecular weight excluding hydrogens is 318 g/mol. The van der Waals surface area contributed by atoms with Gasteiger partial charge in [0.15, 0.2) is 0 Å². The summed E-state index contributed by atoms with van der Waals surface area (Å²) in [6.45, 7) is 6.53. The summed E-state index contributed by atoms with van der Waals surface area (Å²) in [5, 5.41) is 2.54. The number of aromatic nitrogens is 1. The van der Waals surface area contributed by atoms with Crippen LogP contribution in [0.3, 0.4) is 0 Å². The fourth-order valence-corrected chi connectivity index (χ4v) is 3.58. The monoisotopic (exact) mass is 343 g/mol. The molecule has 0 atom stereocenters. The Morgan fingerprint density at radius 2 is 1.69 bits per heavy atom. The molecule has 1 aromatic heterocycles. The van der Waals surface area contributed by atoms with Crippen LogP contribution in [0.2, 0.25) is 0 Å². The van der Waals surface area contributed by atoms with Gasteiger partial charge in [0, 0.05) is 38.1 Å². The lowest BCUT2D eigenvalue weighted by Gasteiger charge is -2.34. The Bertz CT molecular complexity index is 932. The van der Waals surface area contributed by atoms with Crippen LogP contribution in [0.25, 0.3) is 22.9 Å². The predicted octanol–water partition coefficient (Wildman–Crippen LogP) is 4.47. The van der Waals surface area contributed by atoms with E-state index in [2.05, 4.69) is 89.4 Å². The van der Waals surface area contributed by atoms with Crippen LogP contribution in [0.15, 0.2) is 54.7 Å². The van der Waals surface area contributed by atoms with Crippen LogP contribution in [-0.4, -0.2) is 43.1 Å². The molecule has 1 aliphatic rings. The van der Waals surface area contributed by atoms with Gasteiger partial charge in [0.25, 0.3) is 0 Å². The van der Waals surface area contributed by atoms with Gasteiger partial charge < -0.3 is 9.80 Å². The van der Waals surface area contributed by atoms with E-state index in [0.29, 0.717) is 0 Å². The van der Waals surface area contributed by atoms with E-state index in [9.17, 15) is 0 Å². The number of pyridine rings is 1. The molecule has 1 saturated heterocycles. The van der Waals surface area contributed by atoms with Gasteiger partial charge in [-0.1, -0.05) is 48.5 Å². The standard InChI is InChI=1S/C23H25N3/c1-18-17-24-21(16-23(18)26-14-12-25(2)13-15-26)11-10-20-8-5-7-19-6-3-4-9-22(19)20/h3-11,16-17H,12-15H2,1-2H3/b11-10-. The van der Waals surface area contributed by atoms with Crippen LogP contribution >= 0.6 is 0 Å². The molecule has 0 unspecified atom stereocenters. The fourth-order valence-electron chi connectivity index (χ4n) is 3.58. The average Bonchev–Trinajstić information content (AvgIpc) is 2.68. The maximum atomic E-state index is 4.62. The van der Waals surface area contributed by atoms with Gasteiger partial charge >= 0.3 is 0 Å². The Balaban J connectivity index is 1.62. The van der Waals surface area contributed by atoms with Crippen molar-refractivity contribution in [1.29, 1.82) is 0 Å². The molecule has 2 heterocycles. The van der Waals surface area contributed by atoms with Crippen molar-refractivity contribution in [1.82, 2.24) is 9.88 Å². The van der Waals surface area contributed by atoms with Gasteiger partial charge in [-0.2, -0.15) is 0 Å². The highest BCUT2D eigenvalue weighted by Gasteiger charge is 2.16. The third kappa shape index (κ3) is 3.49. The number of benzene rings is 2. The lowest BCUT2D eigenvalue weighted by atomic mass is 10.0. The number of hydrogen-bond donors (Lipinski definition) is 0. The smallest absolute Gasteiger partial charge is 0.0650 e. The van der Waals surface area contributed by atoms with Gasteiger partial charge in [-0.3, -0.25) is 4.98 Å². The Morgan fingerprint density at radius 3 is 2.54 bits per heavy atom. The second-order valence-electron chi connectivity index (χ2n) is 7.09. The van der Waals surface area contributed by atoms with Crippen LogP contribution in [0.4, 0.5) is 5.69 Å². The normalized spacial score (nSPS) is 15.8. The van der Waals surface area contributed by atoms with Gasteiger partial charge in [0.2, 0.25) is 0 Å². The number of likely N-dealkylation sites (N-methyl/N-ethyl adjacent to an activating group) is 1. The first kappa shape index (κ1) is 16.8. The molecule has 0 N–H and O–H groups in total. The lowest BCUT2D eigenvalue weighted by molar-refractivity contribution is 0.312. The van der Waals surface area contributed by atoms with Gasteiger partial charge in [-0.25, -0.2) is 0 Å². The van der Waals surface area contributed by atoms with E-state index in [1.165, 1.54) is 27.6 Å². The quantitative estimate of drug-likeness (QED) is 0.700. The molecule has 0 bridgehead atoms. The first-order valence-corrected chi connectivity index (χ1v) is 9.27. The fraction of sp³-hybridized carbons (Fsp3) is 0.261. The SMILES string of the molecule is Cc1cnc(/C=C\c2cccc3ccccc23)cc1N1CCN(C)CC1. The molecule has 1 aliphatic heterocycles. The van der Waals surface area contributed by atoms with Crippen molar-refractivity contribution in [3.63, 3.8) is 0 Å². The topological polar surface area (TPSA) is 19.4 Å². The van der Waals surface area contributed by atoms with Gasteiger partial charge in [-0.05, 0) is 48.0 Å². The minimum atomic E-state index is 1.01. The molecule has 0 saturated carbocycles. The summed E-state index contributed by atoms with van der Waals surface area (Å²) >= 11 is 0. The van der Waals surface area contributed by atoms with Gasteiger partial charge in [-0.15, -0.1) is 0 Å². The summed E-state index contributed by atoms with van der Waals surface area (Å²) in [6.07, 6.45) is 6.30. The molecule has 4 rings (SSSR count). The Morgan fingerprint density at radius 1 is 0.923 bits per heavy atom. The molecule has 1 fully saturated rings. The number of hydrogen-bond acceptors (Lipinski definition) is 3. The highest BCUT2D eigenvalue weighted by Crippen LogP contribution is 2.24. The molecule has 0 amide bonds. The largest absolute Gasteiger partial charge is 0.369 e. The summed E-state index contributed by atoms with van der Waals surface area (Å²) in [5.41, 5.74) is 4.80. The van der Waals surface area contributed by atoms with Crippen molar-refractivity contribution in [3.05, 3.63) is 71.5 Å². The first-order chi connectivity index (χ1) is 12.7. The van der Waals surface area contributed by atoms with Gasteiger partial charge in [0.1, 0.15) is 0 Å². The van der Waals surface area contributed by atoms with E-state index in [1.54, 1.807) is 0 Å². The predicted molar refractivity (Wildman–Crippen MR) is 112 cm³/mol. The van der Waals surface area contributed by atoms with E-state index in [1.807, 2.05) is 6.20 Å². The molecule has 132 valence electrons. The van der Waals surface area contributed by atoms with Crippen LogP contribution in [0.5, 0.6) is 0 Å². The van der Waals surface area contributed by atoms with Crippen LogP contribution in [0, 0.1) is 6.92 Å². The summed E-state index contributed by atoms with van der Waals surface area (Å²) in [7, 11) is 2.19. The molecule has 3 heteroatoms. The zero-order valence-electron chi connectivity index (χ0n) is 15.5. The minimum absolute atomic E-state index is 1.01. The lowest BCUT2D eigenvalue weighted by Crippen LogP contribution is -2.44. The van der Waals surface area contributed by atoms with Crippen molar-refractivity contribution in [2.24, 2.45) is 0 Å². The molecule has 0 radical (unpaired) electrons. The molecule has 26 heavy (non-hydrogen) atoms. The van der Waals surface area contributed by atoms with Crippen molar-refractivity contribution < 1.29 is 0 Å². The molecule has 2 aromatic carbocycles. The summed E-state index contributed by atoms with van der Waals surface area (Å²) in [5.74, 6) is 0. The van der Waals surface area contributed by atoms with Crippen molar-refractivity contribution in [2.75, 3.05) is 38.1 Å². The average molecular weight is 343 g/mol. The number of aryl methyl sites for hydroxylation is 1. The van der Waals surface area contributed by atoms with E-state index >= 15 is 0 Å². The molecular formula is C23H25N3. The van der Waals surface area contributed by atoms with Crippen LogP contribution < -0.4 is 4.90 Å². The number of nitrogens with zero attached hydrogens (tertiary/aromatic N) is 3. The number of piperazine rings is 1. The number of rotatable bonds is 3. The number of fused-ring (bicyclic) bond motifs is 1. The second kappa shape index (κ2) is 7.30. The third-order valence-corrected chi connectivity index (χ3v) is 5.20. The Kier molecular flexibility index (Phi) is 4.72. The zero-order chi connectivity index (χ0) is 17.9. The van der Waals surface area contributed by atoms with Crippen LogP contribution in [-0.2, 0) is 0 Å². The second-order valence-corrected chi connectivity index (χ2v) is 7.09. The van der Waals surface area contributed by atoms with E-state index in [0.717, 1.165) is 31.9 Å². The molecule has 3 nitrogen and oxygen atoms in total. The first-order valence-electron chi connectivity index (χ1n) is 9.27. The maximum absolute atomic E-state index is 4.62. The maximum Gasteiger partial charge on any atom is 0.0650 e. The van der Waals surface area contributed by atoms with E-state index in [-0.39, 0.29) is 0 Å². The molecule has 0 aliphatic carbocycles. The minimum Gasteiger partial charge on any atom is -0.369 e. The van der Waals surface area contributed by atoms with E-state index < -0.39 is 0 Å². The van der Waals surface area contributed by atoms with Crippen molar-refractivity contribution >= 4 is 28.6 Å². The highest BCUT2D eigenvalue weighted by atomic mass is 15.2. The van der Waals surface area contributed by atoms with E-state index in [4.69, 9.17) is 0 Å². The highest BCUT2D eigenvalue weighted by molar-refractivity contribution is 5.92. The van der Waals surface area contributed by atoms with Crippen molar-refractivity contribution in [3.8, 4) is 0 Å². The van der Waals surface area contributed by atoms with Gasteiger partial charge in [0.05, 0.1) is 5.69 Å². The summed E-state index contributed by atoms with van der Waals surface area (Å²) in [6, 6.07) is 17.2. The third-order valence-electron chi connectivity index (χ3n) is 5.20. The Labute approximate surface area is 155 Å². The molecule has 3 aromatic rings. The molecule has 0 spiro atoms. The summed E-state index contributed by atoms with van der Waals surface area (Å²) in [4.78, 5) is 9.48. The van der Waals surface area contributed by atoms with Crippen LogP contribution in [0.1, 0.15) is 16.8 Å².